The third-order valence-electron chi connectivity index (χ3n) is 0. The number of hydrogen-bond donors (Lipinski definition) is 0. The third kappa shape index (κ3) is 45.8. The largest absolute Gasteiger partial charge is 1.00 e. The van der Waals surface area contributed by atoms with Crippen molar-refractivity contribution in [1.82, 2.24) is 0 Å². The van der Waals surface area contributed by atoms with Gasteiger partial charge in [-0.05, 0) is 0 Å². The van der Waals surface area contributed by atoms with Crippen LogP contribution in [-0.2, 0) is 0 Å². The Labute approximate surface area is 136 Å². The zero-order valence-corrected chi connectivity index (χ0v) is 13.2. The molecule has 0 atom stereocenters. The van der Waals surface area contributed by atoms with E-state index in [1.54, 1.807) is 0 Å². The van der Waals surface area contributed by atoms with Crippen molar-refractivity contribution in [2.24, 2.45) is 0 Å². The normalized spacial score (nSPS) is 0. The summed E-state index contributed by atoms with van der Waals surface area (Å²) < 4.78 is 0. The van der Waals surface area contributed by atoms with E-state index in [9.17, 15) is 0 Å². The van der Waals surface area contributed by atoms with Crippen LogP contribution in [0.4, 0.5) is 0 Å². The minimum atomic E-state index is 0. The second-order valence-corrected chi connectivity index (χ2v) is 0. The minimum absolute atomic E-state index is 0. The van der Waals surface area contributed by atoms with Gasteiger partial charge >= 0.3 is 103 Å². The van der Waals surface area contributed by atoms with Crippen LogP contribution in [0.5, 0.6) is 0 Å². The molecule has 2 heteroatoms. The van der Waals surface area contributed by atoms with E-state index in [-0.39, 0.29) is 140 Å². The van der Waals surface area contributed by atoms with Crippen molar-refractivity contribution in [2.75, 3.05) is 0 Å². The van der Waals surface area contributed by atoms with Gasteiger partial charge in [-0.15, -0.1) is 0 Å². The average molecular weight is 153 g/mol. The first kappa shape index (κ1) is 82.5. The molecule has 0 saturated heterocycles. The molecule has 0 aromatic rings. The first-order chi connectivity index (χ1) is 0. The second-order valence-electron chi connectivity index (χ2n) is 0. The van der Waals surface area contributed by atoms with Gasteiger partial charge in [0, 0.05) is 0 Å². The Hall–Kier alpha value is 3.27. The summed E-state index contributed by atoms with van der Waals surface area (Å²) in [4.78, 5) is 0. The third-order valence-corrected chi connectivity index (χ3v) is 0. The SMILES string of the molecule is [CH3-].[CH3-].[CH3-].[CH3-].[CH3-].[K+].[K+]. The van der Waals surface area contributed by atoms with E-state index >= 15 is 0 Å². The predicted molar refractivity (Wildman–Crippen MR) is 32.1 cm³/mol. The number of hydrogen-bond acceptors (Lipinski definition) is 0. The molecule has 0 aliphatic heterocycles. The molecule has 0 aromatic heterocycles. The van der Waals surface area contributed by atoms with Crippen LogP contribution in [-0.4, -0.2) is 0 Å². The van der Waals surface area contributed by atoms with Gasteiger partial charge in [-0.1, -0.05) is 0 Å². The minimum Gasteiger partial charge on any atom is -0.358 e. The Kier molecular flexibility index (Phi) is 698. The van der Waals surface area contributed by atoms with Crippen LogP contribution in [0.3, 0.4) is 0 Å². The molecular weight excluding hydrogens is 138 g/mol. The van der Waals surface area contributed by atoms with Crippen molar-refractivity contribution in [3.05, 3.63) is 37.1 Å². The van der Waals surface area contributed by atoms with E-state index in [0.717, 1.165) is 0 Å². The molecule has 0 bridgehead atoms. The molecule has 0 fully saturated rings. The van der Waals surface area contributed by atoms with Gasteiger partial charge in [-0.25, -0.2) is 0 Å². The Morgan fingerprint density at radius 1 is 0.286 bits per heavy atom. The van der Waals surface area contributed by atoms with Gasteiger partial charge in [0.15, 0.2) is 0 Å². The van der Waals surface area contributed by atoms with Gasteiger partial charge in [-0.3, -0.25) is 0 Å². The summed E-state index contributed by atoms with van der Waals surface area (Å²) in [7, 11) is 0. The van der Waals surface area contributed by atoms with Crippen LogP contribution in [0.1, 0.15) is 0 Å². The molecule has 0 saturated carbocycles. The Balaban J connectivity index is 0. The molecule has 40 valence electrons. The Bertz CT molecular complexity index is 6.04. The molecule has 0 aromatic carbocycles. The Morgan fingerprint density at radius 3 is 0.286 bits per heavy atom. The summed E-state index contributed by atoms with van der Waals surface area (Å²) in [5, 5.41) is 0. The van der Waals surface area contributed by atoms with Crippen molar-refractivity contribution in [3.63, 3.8) is 0 Å². The van der Waals surface area contributed by atoms with E-state index in [4.69, 9.17) is 0 Å². The molecule has 0 nitrogen and oxygen atoms in total. The van der Waals surface area contributed by atoms with Crippen LogP contribution < -0.4 is 103 Å². The predicted octanol–water partition coefficient (Wildman–Crippen LogP) is -3.74. The van der Waals surface area contributed by atoms with Crippen molar-refractivity contribution in [1.29, 1.82) is 0 Å². The maximum Gasteiger partial charge on any atom is 1.00 e. The fourth-order valence-electron chi connectivity index (χ4n) is 0. The van der Waals surface area contributed by atoms with Crippen LogP contribution in [0.15, 0.2) is 0 Å². The average Bonchev–Trinajstić information content (AvgIpc) is 0. The van der Waals surface area contributed by atoms with Gasteiger partial charge in [0.05, 0.1) is 0 Å². The van der Waals surface area contributed by atoms with Gasteiger partial charge < -0.3 is 37.1 Å². The summed E-state index contributed by atoms with van der Waals surface area (Å²) in [6, 6.07) is 0. The summed E-state index contributed by atoms with van der Waals surface area (Å²) in [6.07, 6.45) is 0. The van der Waals surface area contributed by atoms with Crippen molar-refractivity contribution in [2.45, 2.75) is 0 Å². The van der Waals surface area contributed by atoms with Crippen molar-refractivity contribution < 1.29 is 103 Å². The monoisotopic (exact) mass is 153 g/mol. The molecule has 7 heavy (non-hydrogen) atoms. The topological polar surface area (TPSA) is 0 Å². The summed E-state index contributed by atoms with van der Waals surface area (Å²) in [5.74, 6) is 0. The van der Waals surface area contributed by atoms with Gasteiger partial charge in [0.25, 0.3) is 0 Å². The van der Waals surface area contributed by atoms with E-state index in [1.165, 1.54) is 0 Å². The fraction of sp³-hybridized carbons (Fsp3) is 0. The molecule has 0 unspecified atom stereocenters. The summed E-state index contributed by atoms with van der Waals surface area (Å²) in [5.41, 5.74) is 0. The number of rotatable bonds is 0. The van der Waals surface area contributed by atoms with Crippen LogP contribution in [0.25, 0.3) is 0 Å². The maximum atomic E-state index is 0. The quantitative estimate of drug-likeness (QED) is 0.248. The second kappa shape index (κ2) is 59.2. The molecule has 0 heterocycles. The first-order valence-corrected chi connectivity index (χ1v) is 0. The van der Waals surface area contributed by atoms with E-state index in [2.05, 4.69) is 0 Å². The van der Waals surface area contributed by atoms with E-state index in [0.29, 0.717) is 0 Å². The van der Waals surface area contributed by atoms with Crippen molar-refractivity contribution in [3.8, 4) is 0 Å². The van der Waals surface area contributed by atoms with E-state index < -0.39 is 0 Å². The molecule has 0 radical (unpaired) electrons. The molecule has 0 aliphatic rings. The van der Waals surface area contributed by atoms with Crippen LogP contribution in [0.2, 0.25) is 0 Å². The maximum absolute atomic E-state index is 0. The van der Waals surface area contributed by atoms with Gasteiger partial charge in [0.2, 0.25) is 0 Å². The van der Waals surface area contributed by atoms with Crippen molar-refractivity contribution >= 4 is 0 Å². The summed E-state index contributed by atoms with van der Waals surface area (Å²) >= 11 is 0. The molecular formula is C5H15K2-3. The molecule has 0 N–H and O–H groups in total. The van der Waals surface area contributed by atoms with Gasteiger partial charge in [-0.2, -0.15) is 0 Å². The Morgan fingerprint density at radius 2 is 0.286 bits per heavy atom. The smallest absolute Gasteiger partial charge is 0.358 e. The van der Waals surface area contributed by atoms with Gasteiger partial charge in [0.1, 0.15) is 0 Å². The summed E-state index contributed by atoms with van der Waals surface area (Å²) in [6.45, 7) is 0. The molecule has 0 spiro atoms. The van der Waals surface area contributed by atoms with E-state index in [1.807, 2.05) is 0 Å². The molecule has 0 rings (SSSR count). The first-order valence-electron chi connectivity index (χ1n) is 0. The zero-order valence-electron chi connectivity index (χ0n) is 7.00. The van der Waals surface area contributed by atoms with Crippen LogP contribution in [0, 0.1) is 37.1 Å². The zero-order chi connectivity index (χ0) is 0. The standard InChI is InChI=1S/5CH3.2K/h5*1H3;;/q5*-1;2*+1. The molecule has 0 amide bonds. The fourth-order valence-corrected chi connectivity index (χ4v) is 0. The molecule has 0 aliphatic carbocycles. The van der Waals surface area contributed by atoms with Crippen LogP contribution >= 0.6 is 0 Å².